The van der Waals surface area contributed by atoms with Crippen molar-refractivity contribution in [1.82, 2.24) is 20.2 Å². The highest BCUT2D eigenvalue weighted by Crippen LogP contribution is 2.43. The van der Waals surface area contributed by atoms with Crippen molar-refractivity contribution in [3.8, 4) is 0 Å². The summed E-state index contributed by atoms with van der Waals surface area (Å²) in [7, 11) is 0. The maximum Gasteiger partial charge on any atom is 0.317 e. The zero-order valence-corrected chi connectivity index (χ0v) is 15.4. The molecule has 1 N–H and O–H groups in total. The van der Waals surface area contributed by atoms with E-state index in [0.717, 1.165) is 51.0 Å². The predicted octanol–water partition coefficient (Wildman–Crippen LogP) is 3.02. The van der Waals surface area contributed by atoms with Crippen LogP contribution in [0, 0.1) is 6.92 Å². The first kappa shape index (κ1) is 17.0. The van der Waals surface area contributed by atoms with Crippen molar-refractivity contribution < 1.29 is 4.79 Å². The minimum atomic E-state index is 0.0258. The van der Waals surface area contributed by atoms with E-state index >= 15 is 0 Å². The Balaban J connectivity index is 1.40. The van der Waals surface area contributed by atoms with Crippen LogP contribution in [0.3, 0.4) is 0 Å². The quantitative estimate of drug-likeness (QED) is 0.926. The van der Waals surface area contributed by atoms with E-state index in [1.165, 1.54) is 16.8 Å². The molecule has 1 aliphatic heterocycles. The van der Waals surface area contributed by atoms with Crippen LogP contribution in [-0.4, -0.2) is 40.5 Å². The average Bonchev–Trinajstić information content (AvgIpc) is 3.00. The van der Waals surface area contributed by atoms with Gasteiger partial charge in [0.25, 0.3) is 0 Å². The average molecular weight is 350 g/mol. The summed E-state index contributed by atoms with van der Waals surface area (Å²) < 4.78 is 0. The molecule has 5 heteroatoms. The van der Waals surface area contributed by atoms with Gasteiger partial charge in [-0.3, -0.25) is 0 Å². The highest BCUT2D eigenvalue weighted by Gasteiger charge is 2.44. The lowest BCUT2D eigenvalue weighted by atomic mass is 9.77. The van der Waals surface area contributed by atoms with Gasteiger partial charge in [0.05, 0.1) is 5.69 Å². The van der Waals surface area contributed by atoms with Crippen molar-refractivity contribution in [2.45, 2.75) is 44.4 Å². The molecular weight excluding hydrogens is 324 g/mol. The molecule has 2 amide bonds. The number of carbonyl (C=O) groups excluding carboxylic acids is 1. The van der Waals surface area contributed by atoms with Gasteiger partial charge in [-0.2, -0.15) is 0 Å². The Morgan fingerprint density at radius 2 is 2.12 bits per heavy atom. The molecule has 1 fully saturated rings. The molecule has 4 rings (SSSR count). The van der Waals surface area contributed by atoms with Crippen LogP contribution in [-0.2, 0) is 18.3 Å². The molecule has 1 aliphatic carbocycles. The van der Waals surface area contributed by atoms with Gasteiger partial charge in [-0.1, -0.05) is 30.3 Å². The molecule has 1 aromatic carbocycles. The number of rotatable bonds is 3. The standard InChI is InChI=1S/C21H26N4O/c1-16-23-14-18-8-11-21(19(18)24-16)10-5-13-25(15-21)20(26)22-12-9-17-6-3-2-4-7-17/h2-4,6-7,14H,5,8-13,15H2,1H3,(H,22,26). The van der Waals surface area contributed by atoms with Crippen LogP contribution in [0.4, 0.5) is 4.79 Å². The van der Waals surface area contributed by atoms with Crippen molar-refractivity contribution in [2.24, 2.45) is 0 Å². The molecule has 26 heavy (non-hydrogen) atoms. The highest BCUT2D eigenvalue weighted by atomic mass is 16.2. The molecule has 0 saturated carbocycles. The molecule has 1 spiro atoms. The van der Waals surface area contributed by atoms with E-state index in [2.05, 4.69) is 22.4 Å². The van der Waals surface area contributed by atoms with E-state index in [1.807, 2.05) is 36.2 Å². The van der Waals surface area contributed by atoms with Crippen molar-refractivity contribution in [3.63, 3.8) is 0 Å². The number of amides is 2. The minimum Gasteiger partial charge on any atom is -0.338 e. The molecule has 1 atom stereocenters. The summed E-state index contributed by atoms with van der Waals surface area (Å²) in [6.45, 7) is 4.22. The minimum absolute atomic E-state index is 0.0258. The maximum absolute atomic E-state index is 12.7. The summed E-state index contributed by atoms with van der Waals surface area (Å²) in [6.07, 6.45) is 7.10. The van der Waals surface area contributed by atoms with Gasteiger partial charge >= 0.3 is 6.03 Å². The zero-order valence-electron chi connectivity index (χ0n) is 15.4. The summed E-state index contributed by atoms with van der Waals surface area (Å²) in [6, 6.07) is 10.3. The lowest BCUT2D eigenvalue weighted by Crippen LogP contribution is -2.51. The molecule has 2 aromatic rings. The summed E-state index contributed by atoms with van der Waals surface area (Å²) >= 11 is 0. The fourth-order valence-corrected chi connectivity index (χ4v) is 4.40. The van der Waals surface area contributed by atoms with Crippen molar-refractivity contribution >= 4 is 6.03 Å². The molecule has 2 aliphatic rings. The number of hydrogen-bond donors (Lipinski definition) is 1. The van der Waals surface area contributed by atoms with Crippen LogP contribution in [0.5, 0.6) is 0 Å². The van der Waals surface area contributed by atoms with E-state index < -0.39 is 0 Å². The van der Waals surface area contributed by atoms with E-state index in [0.29, 0.717) is 6.54 Å². The van der Waals surface area contributed by atoms with Crippen molar-refractivity contribution in [2.75, 3.05) is 19.6 Å². The van der Waals surface area contributed by atoms with Gasteiger partial charge in [0, 0.05) is 31.2 Å². The third-order valence-corrected chi connectivity index (χ3v) is 5.76. The van der Waals surface area contributed by atoms with E-state index in [9.17, 15) is 4.79 Å². The highest BCUT2D eigenvalue weighted by molar-refractivity contribution is 5.74. The zero-order chi connectivity index (χ0) is 18.0. The summed E-state index contributed by atoms with van der Waals surface area (Å²) in [5.74, 6) is 0.828. The third kappa shape index (κ3) is 3.30. The molecule has 1 aromatic heterocycles. The van der Waals surface area contributed by atoms with Crippen LogP contribution in [0.2, 0.25) is 0 Å². The Hall–Kier alpha value is -2.43. The van der Waals surface area contributed by atoms with Gasteiger partial charge in [0.1, 0.15) is 5.82 Å². The maximum atomic E-state index is 12.7. The number of aryl methyl sites for hydroxylation is 2. The van der Waals surface area contributed by atoms with Gasteiger partial charge in [0.15, 0.2) is 0 Å². The Morgan fingerprint density at radius 1 is 1.27 bits per heavy atom. The van der Waals surface area contributed by atoms with E-state index in [-0.39, 0.29) is 11.4 Å². The predicted molar refractivity (Wildman–Crippen MR) is 101 cm³/mol. The molecule has 5 nitrogen and oxygen atoms in total. The Labute approximate surface area is 154 Å². The Bertz CT molecular complexity index is 788. The van der Waals surface area contributed by atoms with Crippen LogP contribution < -0.4 is 5.32 Å². The van der Waals surface area contributed by atoms with Gasteiger partial charge in [0.2, 0.25) is 0 Å². The lowest BCUT2D eigenvalue weighted by molar-refractivity contribution is 0.147. The number of nitrogens with zero attached hydrogens (tertiary/aromatic N) is 3. The number of hydrogen-bond acceptors (Lipinski definition) is 3. The second-order valence-electron chi connectivity index (χ2n) is 7.56. The largest absolute Gasteiger partial charge is 0.338 e. The summed E-state index contributed by atoms with van der Waals surface area (Å²) in [4.78, 5) is 23.8. The first-order chi connectivity index (χ1) is 12.7. The topological polar surface area (TPSA) is 58.1 Å². The number of benzene rings is 1. The first-order valence-corrected chi connectivity index (χ1v) is 9.56. The van der Waals surface area contributed by atoms with Gasteiger partial charge in [-0.05, 0) is 50.2 Å². The van der Waals surface area contributed by atoms with Crippen LogP contribution >= 0.6 is 0 Å². The number of urea groups is 1. The second-order valence-corrected chi connectivity index (χ2v) is 7.56. The first-order valence-electron chi connectivity index (χ1n) is 9.56. The fourth-order valence-electron chi connectivity index (χ4n) is 4.40. The third-order valence-electron chi connectivity index (χ3n) is 5.76. The van der Waals surface area contributed by atoms with Crippen LogP contribution in [0.25, 0.3) is 0 Å². The second kappa shape index (κ2) is 7.06. The smallest absolute Gasteiger partial charge is 0.317 e. The fraction of sp³-hybridized carbons (Fsp3) is 0.476. The molecule has 0 radical (unpaired) electrons. The van der Waals surface area contributed by atoms with Crippen molar-refractivity contribution in [3.05, 3.63) is 59.2 Å². The van der Waals surface area contributed by atoms with Gasteiger partial charge < -0.3 is 10.2 Å². The molecule has 0 bridgehead atoms. The number of likely N-dealkylation sites (tertiary alicyclic amines) is 1. The molecule has 136 valence electrons. The van der Waals surface area contributed by atoms with Crippen molar-refractivity contribution in [1.29, 1.82) is 0 Å². The van der Waals surface area contributed by atoms with Gasteiger partial charge in [-0.25, -0.2) is 14.8 Å². The SMILES string of the molecule is Cc1ncc2c(n1)C1(CCCN(C(=O)NCCc3ccccc3)C1)CC2. The molecule has 1 unspecified atom stereocenters. The number of piperidine rings is 1. The molecule has 1 saturated heterocycles. The molecule has 2 heterocycles. The Kier molecular flexibility index (Phi) is 4.62. The van der Waals surface area contributed by atoms with Gasteiger partial charge in [-0.15, -0.1) is 0 Å². The van der Waals surface area contributed by atoms with E-state index in [1.54, 1.807) is 0 Å². The van der Waals surface area contributed by atoms with Crippen LogP contribution in [0.15, 0.2) is 36.5 Å². The number of nitrogens with one attached hydrogen (secondary N) is 1. The summed E-state index contributed by atoms with van der Waals surface area (Å²) in [5.41, 5.74) is 3.73. The number of aromatic nitrogens is 2. The monoisotopic (exact) mass is 350 g/mol. The summed E-state index contributed by atoms with van der Waals surface area (Å²) in [5, 5.41) is 3.10. The number of carbonyl (C=O) groups is 1. The number of fused-ring (bicyclic) bond motifs is 2. The normalized spacial score (nSPS) is 21.7. The van der Waals surface area contributed by atoms with E-state index in [4.69, 9.17) is 4.98 Å². The Morgan fingerprint density at radius 3 is 2.96 bits per heavy atom. The van der Waals surface area contributed by atoms with Crippen LogP contribution in [0.1, 0.15) is 41.9 Å². The lowest BCUT2D eigenvalue weighted by Gasteiger charge is -2.40. The molecular formula is C21H26N4O.